The first-order valence-electron chi connectivity index (χ1n) is 10.7. The van der Waals surface area contributed by atoms with Gasteiger partial charge in [0.25, 0.3) is 15.9 Å². The zero-order valence-corrected chi connectivity index (χ0v) is 19.2. The van der Waals surface area contributed by atoms with Crippen LogP contribution in [0.15, 0.2) is 35.5 Å². The van der Waals surface area contributed by atoms with Crippen molar-refractivity contribution in [1.82, 2.24) is 19.4 Å². The first-order valence-corrected chi connectivity index (χ1v) is 12.1. The van der Waals surface area contributed by atoms with E-state index in [0.29, 0.717) is 39.3 Å². The Morgan fingerprint density at radius 1 is 1.16 bits per heavy atom. The smallest absolute Gasteiger partial charge is 0.263 e. The van der Waals surface area contributed by atoms with Crippen LogP contribution >= 0.6 is 0 Å². The Balaban J connectivity index is 1.74. The number of nitrogens with one attached hydrogen (secondary N) is 1. The fraction of sp³-hybridized carbons (Fsp3) is 0.524. The number of carbonyl (C=O) groups excluding carboxylic acids is 1. The predicted molar refractivity (Wildman–Crippen MR) is 119 cm³/mol. The van der Waals surface area contributed by atoms with Crippen molar-refractivity contribution in [3.05, 3.63) is 36.0 Å². The second-order valence-electron chi connectivity index (χ2n) is 7.42. The van der Waals surface area contributed by atoms with Gasteiger partial charge in [-0.1, -0.05) is 25.5 Å². The number of para-hydroxylation sites is 2. The Hall–Kier alpha value is -2.59. The van der Waals surface area contributed by atoms with Crippen molar-refractivity contribution >= 4 is 21.6 Å². The highest BCUT2D eigenvalue weighted by Gasteiger charge is 2.34. The molecule has 1 N–H and O–H groups in total. The molecule has 1 aromatic heterocycles. The van der Waals surface area contributed by atoms with Crippen molar-refractivity contribution in [3.8, 4) is 5.75 Å². The van der Waals surface area contributed by atoms with Crippen LogP contribution in [0.2, 0.25) is 0 Å². The van der Waals surface area contributed by atoms with Crippen molar-refractivity contribution in [2.45, 2.75) is 31.7 Å². The fourth-order valence-corrected chi connectivity index (χ4v) is 5.12. The van der Waals surface area contributed by atoms with Gasteiger partial charge in [0.2, 0.25) is 5.03 Å². The van der Waals surface area contributed by atoms with Crippen LogP contribution in [0.1, 0.15) is 37.0 Å². The first kappa shape index (κ1) is 23.1. The number of carbonyl (C=O) groups is 1. The van der Waals surface area contributed by atoms with Crippen LogP contribution in [-0.4, -0.2) is 67.7 Å². The van der Waals surface area contributed by atoms with Crippen LogP contribution < -0.4 is 15.0 Å². The second-order valence-corrected chi connectivity index (χ2v) is 9.28. The number of piperazine rings is 1. The summed E-state index contributed by atoms with van der Waals surface area (Å²) >= 11 is 0. The van der Waals surface area contributed by atoms with E-state index in [1.165, 1.54) is 15.2 Å². The normalized spacial score (nSPS) is 15.1. The topological polar surface area (TPSA) is 96.8 Å². The Kier molecular flexibility index (Phi) is 7.55. The molecule has 2 heterocycles. The maximum Gasteiger partial charge on any atom is 0.263 e. The van der Waals surface area contributed by atoms with Crippen molar-refractivity contribution in [1.29, 1.82) is 0 Å². The SMILES string of the molecule is CCCCNC(=O)c1cn(C)nc1S(=O)(=O)N1CCN(c2ccccc2OCC)CC1. The molecule has 2 aromatic rings. The van der Waals surface area contributed by atoms with E-state index in [1.807, 2.05) is 38.1 Å². The number of nitrogens with zero attached hydrogens (tertiary/aromatic N) is 4. The lowest BCUT2D eigenvalue weighted by molar-refractivity contribution is 0.0949. The van der Waals surface area contributed by atoms with Gasteiger partial charge in [-0.15, -0.1) is 0 Å². The van der Waals surface area contributed by atoms with Crippen LogP contribution in [-0.2, 0) is 17.1 Å². The van der Waals surface area contributed by atoms with Gasteiger partial charge in [-0.25, -0.2) is 8.42 Å². The largest absolute Gasteiger partial charge is 0.492 e. The highest BCUT2D eigenvalue weighted by molar-refractivity contribution is 7.89. The highest BCUT2D eigenvalue weighted by atomic mass is 32.2. The summed E-state index contributed by atoms with van der Waals surface area (Å²) in [6, 6.07) is 7.76. The third kappa shape index (κ3) is 5.19. The zero-order chi connectivity index (χ0) is 22.4. The maximum absolute atomic E-state index is 13.3. The molecule has 1 aliphatic heterocycles. The lowest BCUT2D eigenvalue weighted by Crippen LogP contribution is -2.49. The number of aromatic nitrogens is 2. The minimum Gasteiger partial charge on any atom is -0.492 e. The summed E-state index contributed by atoms with van der Waals surface area (Å²) < 4.78 is 35.1. The van der Waals surface area contributed by atoms with Crippen LogP contribution in [0.4, 0.5) is 5.69 Å². The summed E-state index contributed by atoms with van der Waals surface area (Å²) in [6.07, 6.45) is 3.23. The summed E-state index contributed by atoms with van der Waals surface area (Å²) in [5.41, 5.74) is 1.04. The van der Waals surface area contributed by atoms with Crippen molar-refractivity contribution < 1.29 is 17.9 Å². The molecule has 1 aromatic carbocycles. The maximum atomic E-state index is 13.3. The van der Waals surface area contributed by atoms with Gasteiger partial charge in [0, 0.05) is 46.0 Å². The molecule has 0 bridgehead atoms. The summed E-state index contributed by atoms with van der Waals surface area (Å²) in [7, 11) is -2.28. The van der Waals surface area contributed by atoms with Crippen LogP contribution in [0, 0.1) is 0 Å². The van der Waals surface area contributed by atoms with Gasteiger partial charge in [0.1, 0.15) is 5.75 Å². The van der Waals surface area contributed by atoms with E-state index in [9.17, 15) is 13.2 Å². The van der Waals surface area contributed by atoms with Crippen molar-refractivity contribution in [3.63, 3.8) is 0 Å². The molecule has 170 valence electrons. The third-order valence-corrected chi connectivity index (χ3v) is 7.02. The average Bonchev–Trinajstić information content (AvgIpc) is 3.17. The van der Waals surface area contributed by atoms with E-state index >= 15 is 0 Å². The number of anilines is 1. The van der Waals surface area contributed by atoms with Gasteiger partial charge in [0.15, 0.2) is 0 Å². The van der Waals surface area contributed by atoms with E-state index in [1.54, 1.807) is 7.05 Å². The standard InChI is InChI=1S/C21H31N5O4S/c1-4-6-11-22-20(27)17-16-24(3)23-21(17)31(28,29)26-14-12-25(13-15-26)18-9-7-8-10-19(18)30-5-2/h7-10,16H,4-6,11-15H2,1-3H3,(H,22,27). The van der Waals surface area contributed by atoms with E-state index in [-0.39, 0.29) is 10.6 Å². The third-order valence-electron chi connectivity index (χ3n) is 5.18. The van der Waals surface area contributed by atoms with E-state index in [0.717, 1.165) is 24.3 Å². The molecule has 1 fully saturated rings. The molecule has 10 heteroatoms. The molecule has 0 saturated carbocycles. The number of unbranched alkanes of at least 4 members (excludes halogenated alkanes) is 1. The van der Waals surface area contributed by atoms with E-state index in [4.69, 9.17) is 4.74 Å². The molecule has 31 heavy (non-hydrogen) atoms. The molecule has 0 aliphatic carbocycles. The minimum atomic E-state index is -3.89. The van der Waals surface area contributed by atoms with Gasteiger partial charge in [-0.3, -0.25) is 9.48 Å². The lowest BCUT2D eigenvalue weighted by Gasteiger charge is -2.35. The molecule has 0 atom stereocenters. The second kappa shape index (κ2) is 10.1. The zero-order valence-electron chi connectivity index (χ0n) is 18.4. The number of sulfonamides is 1. The number of hydrogen-bond donors (Lipinski definition) is 1. The first-order chi connectivity index (χ1) is 14.9. The average molecular weight is 450 g/mol. The Bertz CT molecular complexity index is 997. The number of rotatable bonds is 9. The molecule has 0 unspecified atom stereocenters. The molecular weight excluding hydrogens is 418 g/mol. The molecule has 1 saturated heterocycles. The highest BCUT2D eigenvalue weighted by Crippen LogP contribution is 2.30. The van der Waals surface area contributed by atoms with Gasteiger partial charge in [-0.05, 0) is 25.5 Å². The van der Waals surface area contributed by atoms with Crippen LogP contribution in [0.25, 0.3) is 0 Å². The van der Waals surface area contributed by atoms with Crippen molar-refractivity contribution in [2.75, 3.05) is 44.2 Å². The molecule has 1 aliphatic rings. The van der Waals surface area contributed by atoms with Crippen LogP contribution in [0.3, 0.4) is 0 Å². The van der Waals surface area contributed by atoms with E-state index < -0.39 is 15.9 Å². The molecule has 0 radical (unpaired) electrons. The Morgan fingerprint density at radius 3 is 2.55 bits per heavy atom. The van der Waals surface area contributed by atoms with Crippen molar-refractivity contribution in [2.24, 2.45) is 7.05 Å². The lowest BCUT2D eigenvalue weighted by atomic mass is 10.2. The number of ether oxygens (including phenoxy) is 1. The van der Waals surface area contributed by atoms with E-state index in [2.05, 4.69) is 15.3 Å². The number of aryl methyl sites for hydroxylation is 1. The number of benzene rings is 1. The van der Waals surface area contributed by atoms with Gasteiger partial charge in [0.05, 0.1) is 17.9 Å². The Morgan fingerprint density at radius 2 is 1.87 bits per heavy atom. The number of amides is 1. The summed E-state index contributed by atoms with van der Waals surface area (Å²) in [4.78, 5) is 14.7. The van der Waals surface area contributed by atoms with Crippen LogP contribution in [0.5, 0.6) is 5.75 Å². The Labute approximate surface area is 184 Å². The molecule has 0 spiro atoms. The summed E-state index contributed by atoms with van der Waals surface area (Å²) in [6.45, 7) is 6.67. The van der Waals surface area contributed by atoms with Gasteiger partial charge in [-0.2, -0.15) is 9.40 Å². The number of hydrogen-bond acceptors (Lipinski definition) is 6. The quantitative estimate of drug-likeness (QED) is 0.587. The monoisotopic (exact) mass is 449 g/mol. The molecule has 3 rings (SSSR count). The summed E-state index contributed by atoms with van der Waals surface area (Å²) in [5, 5.41) is 6.71. The molecule has 1 amide bonds. The van der Waals surface area contributed by atoms with Gasteiger partial charge < -0.3 is 15.0 Å². The van der Waals surface area contributed by atoms with Gasteiger partial charge >= 0.3 is 0 Å². The fourth-order valence-electron chi connectivity index (χ4n) is 3.58. The molecule has 9 nitrogen and oxygen atoms in total. The molecular formula is C21H31N5O4S. The predicted octanol–water partition coefficient (Wildman–Crippen LogP) is 1.86. The minimum absolute atomic E-state index is 0.0859. The summed E-state index contributed by atoms with van der Waals surface area (Å²) in [5.74, 6) is 0.376.